The van der Waals surface area contributed by atoms with Crippen LogP contribution in [0, 0.1) is 6.92 Å². The number of anilines is 1. The number of carbonyl (C=O) groups excluding carboxylic acids is 1. The van der Waals surface area contributed by atoms with Crippen molar-refractivity contribution in [3.05, 3.63) is 89.4 Å². The molecule has 0 aromatic heterocycles. The van der Waals surface area contributed by atoms with Gasteiger partial charge in [0.05, 0.1) is 17.1 Å². The average molecular weight is 459 g/mol. The van der Waals surface area contributed by atoms with Crippen molar-refractivity contribution in [2.24, 2.45) is 0 Å². The number of amides is 1. The van der Waals surface area contributed by atoms with Gasteiger partial charge in [-0.1, -0.05) is 54.1 Å². The number of para-hydroxylation sites is 1. The zero-order valence-electron chi connectivity index (χ0n) is 17.0. The fourth-order valence-electron chi connectivity index (χ4n) is 2.83. The molecule has 0 aliphatic carbocycles. The zero-order chi connectivity index (χ0) is 22.3. The molecule has 8 heteroatoms. The molecule has 6 nitrogen and oxygen atoms in total. The topological polar surface area (TPSA) is 75.7 Å². The fraction of sp³-hybridized carbons (Fsp3) is 0.174. The lowest BCUT2D eigenvalue weighted by molar-refractivity contribution is -0.119. The number of halogens is 1. The van der Waals surface area contributed by atoms with Crippen LogP contribution < -0.4 is 14.4 Å². The van der Waals surface area contributed by atoms with Crippen molar-refractivity contribution < 1.29 is 17.9 Å². The summed E-state index contributed by atoms with van der Waals surface area (Å²) in [5.41, 5.74) is 1.13. The van der Waals surface area contributed by atoms with Crippen LogP contribution in [0.4, 0.5) is 5.69 Å². The normalized spacial score (nSPS) is 11.0. The second-order valence-corrected chi connectivity index (χ2v) is 9.04. The summed E-state index contributed by atoms with van der Waals surface area (Å²) in [6.45, 7) is 1.93. The van der Waals surface area contributed by atoms with E-state index in [2.05, 4.69) is 5.32 Å². The minimum absolute atomic E-state index is 0.0897. The van der Waals surface area contributed by atoms with Crippen LogP contribution in [-0.2, 0) is 14.8 Å². The number of hydrogen-bond donors (Lipinski definition) is 1. The highest BCUT2D eigenvalue weighted by molar-refractivity contribution is 7.92. The highest BCUT2D eigenvalue weighted by atomic mass is 35.5. The minimum atomic E-state index is -3.97. The number of rotatable bonds is 9. The maximum atomic E-state index is 13.3. The van der Waals surface area contributed by atoms with Gasteiger partial charge in [0.25, 0.3) is 10.0 Å². The Bertz CT molecular complexity index is 1120. The molecule has 1 amide bonds. The van der Waals surface area contributed by atoms with E-state index in [0.29, 0.717) is 16.5 Å². The van der Waals surface area contributed by atoms with E-state index in [9.17, 15) is 13.2 Å². The van der Waals surface area contributed by atoms with Crippen LogP contribution in [0.25, 0.3) is 0 Å². The first-order valence-corrected chi connectivity index (χ1v) is 11.5. The molecule has 0 unspecified atom stereocenters. The summed E-state index contributed by atoms with van der Waals surface area (Å²) in [5.74, 6) is 0.243. The molecule has 0 bridgehead atoms. The second-order valence-electron chi connectivity index (χ2n) is 6.77. The van der Waals surface area contributed by atoms with E-state index in [1.54, 1.807) is 36.4 Å². The van der Waals surface area contributed by atoms with Crippen molar-refractivity contribution >= 4 is 33.2 Å². The van der Waals surface area contributed by atoms with Gasteiger partial charge in [0.2, 0.25) is 5.91 Å². The van der Waals surface area contributed by atoms with Crippen molar-refractivity contribution in [3.8, 4) is 5.75 Å². The number of carbonyl (C=O) groups is 1. The zero-order valence-corrected chi connectivity index (χ0v) is 18.6. The van der Waals surface area contributed by atoms with Crippen molar-refractivity contribution in [3.63, 3.8) is 0 Å². The highest BCUT2D eigenvalue weighted by Crippen LogP contribution is 2.27. The van der Waals surface area contributed by atoms with Gasteiger partial charge in [-0.25, -0.2) is 8.42 Å². The Balaban J connectivity index is 1.73. The summed E-state index contributed by atoms with van der Waals surface area (Å²) in [6.07, 6.45) is 0. The van der Waals surface area contributed by atoms with Crippen LogP contribution in [-0.4, -0.2) is 34.0 Å². The van der Waals surface area contributed by atoms with Gasteiger partial charge in [0.15, 0.2) is 0 Å². The third-order valence-corrected chi connectivity index (χ3v) is 6.69. The lowest BCUT2D eigenvalue weighted by Gasteiger charge is -2.24. The number of sulfonamides is 1. The van der Waals surface area contributed by atoms with E-state index in [-0.39, 0.29) is 24.6 Å². The predicted octanol–water partition coefficient (Wildman–Crippen LogP) is 4.04. The summed E-state index contributed by atoms with van der Waals surface area (Å²) in [7, 11) is -3.97. The Morgan fingerprint density at radius 3 is 2.29 bits per heavy atom. The van der Waals surface area contributed by atoms with Gasteiger partial charge >= 0.3 is 0 Å². The van der Waals surface area contributed by atoms with Gasteiger partial charge in [-0.05, 0) is 48.9 Å². The largest absolute Gasteiger partial charge is 0.492 e. The third kappa shape index (κ3) is 5.99. The van der Waals surface area contributed by atoms with Crippen LogP contribution in [0.3, 0.4) is 0 Å². The van der Waals surface area contributed by atoms with Crippen molar-refractivity contribution in [1.29, 1.82) is 0 Å². The molecule has 0 fully saturated rings. The number of aryl methyl sites for hydroxylation is 1. The molecule has 3 aromatic rings. The van der Waals surface area contributed by atoms with Crippen LogP contribution in [0.1, 0.15) is 5.56 Å². The molecule has 0 saturated carbocycles. The molecule has 3 aromatic carbocycles. The van der Waals surface area contributed by atoms with E-state index < -0.39 is 15.9 Å². The molecule has 1 N–H and O–H groups in total. The molecule has 0 saturated heterocycles. The van der Waals surface area contributed by atoms with Crippen molar-refractivity contribution in [2.75, 3.05) is 24.0 Å². The first-order valence-electron chi connectivity index (χ1n) is 9.66. The SMILES string of the molecule is Cc1ccc(N(CC(=O)NCCOc2ccccc2)S(=O)(=O)c2ccccc2)cc1Cl. The van der Waals surface area contributed by atoms with Crippen LogP contribution in [0.2, 0.25) is 5.02 Å². The molecule has 0 radical (unpaired) electrons. The molecule has 0 aliphatic rings. The Hall–Kier alpha value is -3.03. The summed E-state index contributed by atoms with van der Waals surface area (Å²) >= 11 is 6.21. The molecule has 0 aliphatic heterocycles. The van der Waals surface area contributed by atoms with Crippen molar-refractivity contribution in [1.82, 2.24) is 5.32 Å². The van der Waals surface area contributed by atoms with Crippen LogP contribution in [0.5, 0.6) is 5.75 Å². The summed E-state index contributed by atoms with van der Waals surface area (Å²) in [4.78, 5) is 12.7. The van der Waals surface area contributed by atoms with Gasteiger partial charge in [-0.3, -0.25) is 9.10 Å². The van der Waals surface area contributed by atoms with Gasteiger partial charge in [-0.2, -0.15) is 0 Å². The third-order valence-electron chi connectivity index (χ3n) is 4.50. The van der Waals surface area contributed by atoms with E-state index in [1.807, 2.05) is 37.3 Å². The fourth-order valence-corrected chi connectivity index (χ4v) is 4.44. The molecule has 162 valence electrons. The molecule has 0 heterocycles. The minimum Gasteiger partial charge on any atom is -0.492 e. The number of ether oxygens (including phenoxy) is 1. The van der Waals surface area contributed by atoms with E-state index in [4.69, 9.17) is 16.3 Å². The smallest absolute Gasteiger partial charge is 0.264 e. The average Bonchev–Trinajstić information content (AvgIpc) is 2.78. The van der Waals surface area contributed by atoms with Crippen molar-refractivity contribution in [2.45, 2.75) is 11.8 Å². The molecule has 0 atom stereocenters. The summed E-state index contributed by atoms with van der Waals surface area (Å²) < 4.78 is 33.1. The lowest BCUT2D eigenvalue weighted by atomic mass is 10.2. The maximum Gasteiger partial charge on any atom is 0.264 e. The Labute approximate surface area is 187 Å². The number of benzene rings is 3. The van der Waals surface area contributed by atoms with Crippen LogP contribution in [0.15, 0.2) is 83.8 Å². The van der Waals surface area contributed by atoms with Gasteiger partial charge in [0.1, 0.15) is 18.9 Å². The maximum absolute atomic E-state index is 13.3. The number of hydrogen-bond acceptors (Lipinski definition) is 4. The Morgan fingerprint density at radius 1 is 1.00 bits per heavy atom. The lowest BCUT2D eigenvalue weighted by Crippen LogP contribution is -2.41. The standard InChI is InChI=1S/C23H23ClN2O4S/c1-18-12-13-19(16-22(18)24)26(31(28,29)21-10-6-3-7-11-21)17-23(27)25-14-15-30-20-8-4-2-5-9-20/h2-13,16H,14-15,17H2,1H3,(H,25,27). The molecular weight excluding hydrogens is 436 g/mol. The molecule has 0 spiro atoms. The number of nitrogens with zero attached hydrogens (tertiary/aromatic N) is 1. The molecular formula is C23H23ClN2O4S. The summed E-state index contributed by atoms with van der Waals surface area (Å²) in [5, 5.41) is 3.12. The van der Waals surface area contributed by atoms with Gasteiger partial charge < -0.3 is 10.1 Å². The predicted molar refractivity (Wildman–Crippen MR) is 122 cm³/mol. The monoisotopic (exact) mass is 458 g/mol. The quantitative estimate of drug-likeness (QED) is 0.491. The first kappa shape index (κ1) is 22.7. The van der Waals surface area contributed by atoms with Crippen LogP contribution >= 0.6 is 11.6 Å². The van der Waals surface area contributed by atoms with E-state index in [1.165, 1.54) is 12.1 Å². The Kier molecular flexibility index (Phi) is 7.55. The Morgan fingerprint density at radius 2 is 1.65 bits per heavy atom. The van der Waals surface area contributed by atoms with Gasteiger partial charge in [0, 0.05) is 5.02 Å². The summed E-state index contributed by atoms with van der Waals surface area (Å²) in [6, 6.07) is 22.1. The number of nitrogens with one attached hydrogen (secondary N) is 1. The second kappa shape index (κ2) is 10.3. The van der Waals surface area contributed by atoms with Gasteiger partial charge in [-0.15, -0.1) is 0 Å². The highest BCUT2D eigenvalue weighted by Gasteiger charge is 2.27. The molecule has 31 heavy (non-hydrogen) atoms. The van der Waals surface area contributed by atoms with E-state index in [0.717, 1.165) is 9.87 Å². The molecule has 3 rings (SSSR count). The van der Waals surface area contributed by atoms with E-state index >= 15 is 0 Å². The first-order chi connectivity index (χ1) is 14.9.